The number of carbonyl (C=O) groups is 1. The van der Waals surface area contributed by atoms with E-state index in [4.69, 9.17) is 23.2 Å². The summed E-state index contributed by atoms with van der Waals surface area (Å²) in [5, 5.41) is 3.13. The summed E-state index contributed by atoms with van der Waals surface area (Å²) in [4.78, 5) is 12.1. The van der Waals surface area contributed by atoms with Crippen LogP contribution in [0.1, 0.15) is 34.8 Å². The molecule has 1 aromatic rings. The molecule has 0 bridgehead atoms. The lowest BCUT2D eigenvalue weighted by molar-refractivity contribution is 0.0991. The molecule has 0 radical (unpaired) electrons. The summed E-state index contributed by atoms with van der Waals surface area (Å²) in [5.41, 5.74) is 2.97. The molecule has 106 valence electrons. The molecule has 0 amide bonds. The zero-order valence-corrected chi connectivity index (χ0v) is 12.9. The standard InChI is InChI=1S/C15H21Cl2NO/c1-2-7-18-11-15(19)14-9-12(3-5-16)8-13(10-14)4-6-17/h8-10,18H,2-7,11H2,1H3. The van der Waals surface area contributed by atoms with Crippen LogP contribution < -0.4 is 5.32 Å². The second kappa shape index (κ2) is 9.35. The number of hydrogen-bond donors (Lipinski definition) is 1. The van der Waals surface area contributed by atoms with Crippen LogP contribution in [0.3, 0.4) is 0 Å². The minimum absolute atomic E-state index is 0.126. The molecule has 0 unspecified atom stereocenters. The van der Waals surface area contributed by atoms with Crippen molar-refractivity contribution in [3.8, 4) is 0 Å². The molecule has 0 aliphatic rings. The van der Waals surface area contributed by atoms with E-state index in [1.807, 2.05) is 12.1 Å². The van der Waals surface area contributed by atoms with Gasteiger partial charge in [0.15, 0.2) is 5.78 Å². The minimum atomic E-state index is 0.126. The molecule has 0 fully saturated rings. The van der Waals surface area contributed by atoms with Gasteiger partial charge in [0.2, 0.25) is 0 Å². The summed E-state index contributed by atoms with van der Waals surface area (Å²) in [7, 11) is 0. The number of Topliss-reactive ketones (excluding diaryl/α,β-unsaturated/α-hetero) is 1. The highest BCUT2D eigenvalue weighted by molar-refractivity contribution is 6.18. The molecule has 0 heterocycles. The monoisotopic (exact) mass is 301 g/mol. The topological polar surface area (TPSA) is 29.1 Å². The zero-order chi connectivity index (χ0) is 14.1. The second-order valence-electron chi connectivity index (χ2n) is 4.52. The smallest absolute Gasteiger partial charge is 0.176 e. The third kappa shape index (κ3) is 5.94. The summed E-state index contributed by atoms with van der Waals surface area (Å²) in [6, 6.07) is 5.97. The van der Waals surface area contributed by atoms with Crippen molar-refractivity contribution in [3.63, 3.8) is 0 Å². The lowest BCUT2D eigenvalue weighted by atomic mass is 10.00. The van der Waals surface area contributed by atoms with Crippen molar-refractivity contribution in [2.24, 2.45) is 0 Å². The molecule has 0 aromatic heterocycles. The SMILES string of the molecule is CCCNCC(=O)c1cc(CCCl)cc(CCCl)c1. The summed E-state index contributed by atoms with van der Waals surface area (Å²) < 4.78 is 0. The van der Waals surface area contributed by atoms with E-state index in [-0.39, 0.29) is 5.78 Å². The number of aryl methyl sites for hydroxylation is 2. The van der Waals surface area contributed by atoms with E-state index >= 15 is 0 Å². The van der Waals surface area contributed by atoms with Crippen LogP contribution in [-0.2, 0) is 12.8 Å². The van der Waals surface area contributed by atoms with Crippen molar-refractivity contribution in [1.29, 1.82) is 0 Å². The lowest BCUT2D eigenvalue weighted by Crippen LogP contribution is -2.23. The Bertz CT molecular complexity index is 383. The van der Waals surface area contributed by atoms with Crippen molar-refractivity contribution in [2.75, 3.05) is 24.8 Å². The highest BCUT2D eigenvalue weighted by Crippen LogP contribution is 2.13. The minimum Gasteiger partial charge on any atom is -0.310 e. The predicted molar refractivity (Wildman–Crippen MR) is 82.8 cm³/mol. The first kappa shape index (κ1) is 16.5. The van der Waals surface area contributed by atoms with E-state index < -0.39 is 0 Å². The van der Waals surface area contributed by atoms with Crippen LogP contribution in [0.4, 0.5) is 0 Å². The zero-order valence-electron chi connectivity index (χ0n) is 11.3. The van der Waals surface area contributed by atoms with Gasteiger partial charge in [0, 0.05) is 17.3 Å². The molecule has 0 saturated heterocycles. The number of rotatable bonds is 9. The molecule has 19 heavy (non-hydrogen) atoms. The normalized spacial score (nSPS) is 10.7. The van der Waals surface area contributed by atoms with Gasteiger partial charge in [0.05, 0.1) is 6.54 Å². The average molecular weight is 302 g/mol. The number of benzene rings is 1. The first-order valence-electron chi connectivity index (χ1n) is 6.70. The number of halogens is 2. The van der Waals surface area contributed by atoms with E-state index in [2.05, 4.69) is 18.3 Å². The van der Waals surface area contributed by atoms with Gasteiger partial charge in [-0.05, 0) is 49.1 Å². The Morgan fingerprint density at radius 2 is 1.68 bits per heavy atom. The first-order valence-corrected chi connectivity index (χ1v) is 7.76. The number of ketones is 1. The number of nitrogens with one attached hydrogen (secondary N) is 1. The van der Waals surface area contributed by atoms with Crippen molar-refractivity contribution in [3.05, 3.63) is 34.9 Å². The van der Waals surface area contributed by atoms with E-state index in [0.717, 1.165) is 42.5 Å². The predicted octanol–water partition coefficient (Wildman–Crippen LogP) is 3.43. The maximum Gasteiger partial charge on any atom is 0.176 e. The van der Waals surface area contributed by atoms with E-state index in [9.17, 15) is 4.79 Å². The molecule has 0 atom stereocenters. The molecule has 1 rings (SSSR count). The van der Waals surface area contributed by atoms with Crippen molar-refractivity contribution in [2.45, 2.75) is 26.2 Å². The van der Waals surface area contributed by atoms with Gasteiger partial charge in [0.25, 0.3) is 0 Å². The molecular formula is C15H21Cl2NO. The number of alkyl halides is 2. The van der Waals surface area contributed by atoms with Crippen LogP contribution >= 0.6 is 23.2 Å². The third-order valence-corrected chi connectivity index (χ3v) is 3.23. The first-order chi connectivity index (χ1) is 9.21. The molecule has 0 aliphatic carbocycles. The van der Waals surface area contributed by atoms with Crippen LogP contribution in [-0.4, -0.2) is 30.6 Å². The van der Waals surface area contributed by atoms with E-state index in [1.54, 1.807) is 0 Å². The fourth-order valence-corrected chi connectivity index (χ4v) is 2.35. The van der Waals surface area contributed by atoms with Gasteiger partial charge in [-0.25, -0.2) is 0 Å². The molecule has 0 spiro atoms. The molecule has 0 aliphatic heterocycles. The van der Waals surface area contributed by atoms with Gasteiger partial charge in [-0.1, -0.05) is 13.0 Å². The molecule has 1 N–H and O–H groups in total. The van der Waals surface area contributed by atoms with Crippen LogP contribution in [0.2, 0.25) is 0 Å². The maximum absolute atomic E-state index is 12.1. The van der Waals surface area contributed by atoms with E-state index in [1.165, 1.54) is 0 Å². The lowest BCUT2D eigenvalue weighted by Gasteiger charge is -2.08. The van der Waals surface area contributed by atoms with Gasteiger partial charge in [-0.2, -0.15) is 0 Å². The summed E-state index contributed by atoms with van der Waals surface area (Å²) in [6.07, 6.45) is 2.58. The van der Waals surface area contributed by atoms with E-state index in [0.29, 0.717) is 18.3 Å². The van der Waals surface area contributed by atoms with Crippen molar-refractivity contribution >= 4 is 29.0 Å². The van der Waals surface area contributed by atoms with Crippen LogP contribution in [0.5, 0.6) is 0 Å². The highest BCUT2D eigenvalue weighted by atomic mass is 35.5. The van der Waals surface area contributed by atoms with Crippen LogP contribution in [0.25, 0.3) is 0 Å². The summed E-state index contributed by atoms with van der Waals surface area (Å²) in [6.45, 7) is 3.33. The van der Waals surface area contributed by atoms with Crippen molar-refractivity contribution < 1.29 is 4.79 Å². The number of carbonyl (C=O) groups excluding carboxylic acids is 1. The van der Waals surface area contributed by atoms with Crippen molar-refractivity contribution in [1.82, 2.24) is 5.32 Å². The molecule has 4 heteroatoms. The van der Waals surface area contributed by atoms with Gasteiger partial charge < -0.3 is 5.32 Å². The quantitative estimate of drug-likeness (QED) is 0.430. The Morgan fingerprint density at radius 3 is 2.16 bits per heavy atom. The van der Waals surface area contributed by atoms with Crippen LogP contribution in [0, 0.1) is 0 Å². The number of hydrogen-bond acceptors (Lipinski definition) is 2. The molecule has 0 saturated carbocycles. The van der Waals surface area contributed by atoms with Gasteiger partial charge in [-0.3, -0.25) is 4.79 Å². The summed E-state index contributed by atoms with van der Waals surface area (Å²) in [5.74, 6) is 1.25. The third-order valence-electron chi connectivity index (χ3n) is 2.85. The fraction of sp³-hybridized carbons (Fsp3) is 0.533. The highest BCUT2D eigenvalue weighted by Gasteiger charge is 2.08. The molecule has 1 aromatic carbocycles. The van der Waals surface area contributed by atoms with Crippen LogP contribution in [0.15, 0.2) is 18.2 Å². The Hall–Kier alpha value is -0.570. The fourth-order valence-electron chi connectivity index (χ4n) is 1.91. The second-order valence-corrected chi connectivity index (χ2v) is 5.27. The average Bonchev–Trinajstić information content (AvgIpc) is 2.39. The summed E-state index contributed by atoms with van der Waals surface area (Å²) >= 11 is 11.6. The molecule has 2 nitrogen and oxygen atoms in total. The Labute approximate surface area is 125 Å². The Morgan fingerprint density at radius 1 is 1.11 bits per heavy atom. The molecular weight excluding hydrogens is 281 g/mol. The maximum atomic E-state index is 12.1. The Kier molecular flexibility index (Phi) is 8.11. The van der Waals surface area contributed by atoms with Gasteiger partial charge in [-0.15, -0.1) is 23.2 Å². The Balaban J connectivity index is 2.82. The van der Waals surface area contributed by atoms with Gasteiger partial charge >= 0.3 is 0 Å². The largest absolute Gasteiger partial charge is 0.310 e. The van der Waals surface area contributed by atoms with Gasteiger partial charge in [0.1, 0.15) is 0 Å².